The number of rotatable bonds is 4. The van der Waals surface area contributed by atoms with E-state index < -0.39 is 0 Å². The van der Waals surface area contributed by atoms with Crippen LogP contribution in [0.15, 0.2) is 47.6 Å². The molecule has 0 aliphatic rings. The molecule has 0 heterocycles. The zero-order chi connectivity index (χ0) is 15.2. The van der Waals surface area contributed by atoms with Crippen LogP contribution in [0.25, 0.3) is 0 Å². The van der Waals surface area contributed by atoms with E-state index in [1.807, 2.05) is 0 Å². The first-order chi connectivity index (χ1) is 10.1. The molecule has 2 rings (SSSR count). The van der Waals surface area contributed by atoms with E-state index in [9.17, 15) is 9.90 Å². The van der Waals surface area contributed by atoms with Crippen molar-refractivity contribution in [2.24, 2.45) is 5.10 Å². The molecule has 0 aliphatic carbocycles. The van der Waals surface area contributed by atoms with Crippen molar-refractivity contribution in [2.75, 3.05) is 7.11 Å². The first kappa shape index (κ1) is 15.3. The summed E-state index contributed by atoms with van der Waals surface area (Å²) in [5.41, 5.74) is 3.58. The van der Waals surface area contributed by atoms with Gasteiger partial charge in [0.15, 0.2) is 0 Å². The number of amides is 1. The molecule has 2 N–H and O–H groups in total. The summed E-state index contributed by atoms with van der Waals surface area (Å²) in [6.07, 6.45) is 1.46. The summed E-state index contributed by atoms with van der Waals surface area (Å²) < 4.78 is 6.09. The van der Waals surface area contributed by atoms with Crippen LogP contribution in [0.1, 0.15) is 15.9 Å². The average Bonchev–Trinajstić information content (AvgIpc) is 2.47. The van der Waals surface area contributed by atoms with Gasteiger partial charge in [0.1, 0.15) is 11.5 Å². The van der Waals surface area contributed by atoms with E-state index in [1.54, 1.807) is 49.6 Å². The number of nitrogens with zero attached hydrogens (tertiary/aromatic N) is 1. The maximum atomic E-state index is 11.9. The van der Waals surface area contributed by atoms with E-state index >= 15 is 0 Å². The third-order valence-electron chi connectivity index (χ3n) is 2.66. The molecule has 0 fully saturated rings. The third kappa shape index (κ3) is 4.19. The minimum atomic E-state index is -0.332. The van der Waals surface area contributed by atoms with Crippen molar-refractivity contribution in [3.63, 3.8) is 0 Å². The van der Waals surface area contributed by atoms with Gasteiger partial charge in [0.2, 0.25) is 0 Å². The highest BCUT2D eigenvalue weighted by atomic mass is 127. The normalized spacial score (nSPS) is 10.6. The summed E-state index contributed by atoms with van der Waals surface area (Å²) in [7, 11) is 1.55. The van der Waals surface area contributed by atoms with E-state index in [1.165, 1.54) is 6.21 Å². The largest absolute Gasteiger partial charge is 0.508 e. The molecular formula is C15H13IN2O3. The zero-order valence-electron chi connectivity index (χ0n) is 11.2. The summed E-state index contributed by atoms with van der Waals surface area (Å²) >= 11 is 2.13. The number of benzene rings is 2. The summed E-state index contributed by atoms with van der Waals surface area (Å²) in [4.78, 5) is 11.9. The molecule has 0 unspecified atom stereocenters. The van der Waals surface area contributed by atoms with Crippen LogP contribution in [0, 0.1) is 3.57 Å². The van der Waals surface area contributed by atoms with Gasteiger partial charge < -0.3 is 9.84 Å². The highest BCUT2D eigenvalue weighted by molar-refractivity contribution is 14.1. The van der Waals surface area contributed by atoms with Gasteiger partial charge in [0, 0.05) is 5.56 Å². The number of aromatic hydroxyl groups is 1. The van der Waals surface area contributed by atoms with E-state index in [-0.39, 0.29) is 11.7 Å². The molecule has 0 bridgehead atoms. The lowest BCUT2D eigenvalue weighted by Crippen LogP contribution is -2.17. The molecule has 0 saturated heterocycles. The Bertz CT molecular complexity index is 686. The number of nitrogens with one attached hydrogen (secondary N) is 1. The van der Waals surface area contributed by atoms with Crippen LogP contribution in [0.2, 0.25) is 0 Å². The number of phenols is 1. The maximum Gasteiger partial charge on any atom is 0.271 e. The summed E-state index contributed by atoms with van der Waals surface area (Å²) in [6, 6.07) is 11.7. The molecule has 0 radical (unpaired) electrons. The van der Waals surface area contributed by atoms with E-state index in [0.717, 1.165) is 3.57 Å². The monoisotopic (exact) mass is 396 g/mol. The topological polar surface area (TPSA) is 70.9 Å². The summed E-state index contributed by atoms with van der Waals surface area (Å²) in [5, 5.41) is 13.2. The Kier molecular flexibility index (Phi) is 5.15. The molecule has 1 amide bonds. The lowest BCUT2D eigenvalue weighted by Gasteiger charge is -2.05. The quantitative estimate of drug-likeness (QED) is 0.475. The van der Waals surface area contributed by atoms with Gasteiger partial charge in [0.05, 0.1) is 16.9 Å². The molecule has 2 aromatic rings. The minimum Gasteiger partial charge on any atom is -0.508 e. The Labute approximate surface area is 135 Å². The molecule has 2 aromatic carbocycles. The van der Waals surface area contributed by atoms with Crippen molar-refractivity contribution in [3.8, 4) is 11.5 Å². The molecule has 0 aliphatic heterocycles. The Balaban J connectivity index is 2.05. The molecule has 0 spiro atoms. The van der Waals surface area contributed by atoms with Gasteiger partial charge in [-0.3, -0.25) is 4.79 Å². The number of methoxy groups -OCH3 is 1. The molecule has 0 aromatic heterocycles. The van der Waals surface area contributed by atoms with Gasteiger partial charge >= 0.3 is 0 Å². The van der Waals surface area contributed by atoms with Crippen LogP contribution in [-0.2, 0) is 0 Å². The predicted octanol–water partition coefficient (Wildman–Crippen LogP) is 2.77. The lowest BCUT2D eigenvalue weighted by atomic mass is 10.2. The van der Waals surface area contributed by atoms with Crippen LogP contribution in [0.5, 0.6) is 11.5 Å². The second-order valence-electron chi connectivity index (χ2n) is 4.14. The highest BCUT2D eigenvalue weighted by Crippen LogP contribution is 2.21. The van der Waals surface area contributed by atoms with Crippen LogP contribution in [0.3, 0.4) is 0 Å². The fraction of sp³-hybridized carbons (Fsp3) is 0.0667. The number of phenolic OH excluding ortho intramolecular Hbond substituents is 1. The first-order valence-electron chi connectivity index (χ1n) is 6.06. The molecule has 0 saturated carbocycles. The first-order valence-corrected chi connectivity index (χ1v) is 7.14. The smallest absolute Gasteiger partial charge is 0.271 e. The highest BCUT2D eigenvalue weighted by Gasteiger charge is 2.08. The van der Waals surface area contributed by atoms with Gasteiger partial charge in [-0.05, 0) is 58.5 Å². The van der Waals surface area contributed by atoms with Crippen molar-refractivity contribution >= 4 is 34.7 Å². The minimum absolute atomic E-state index is 0.146. The van der Waals surface area contributed by atoms with E-state index in [4.69, 9.17) is 4.74 Å². The Morgan fingerprint density at radius 2 is 2.14 bits per heavy atom. The Morgan fingerprint density at radius 3 is 2.86 bits per heavy atom. The van der Waals surface area contributed by atoms with Crippen molar-refractivity contribution in [1.29, 1.82) is 0 Å². The number of halogens is 1. The van der Waals surface area contributed by atoms with E-state index in [2.05, 4.69) is 33.1 Å². The summed E-state index contributed by atoms with van der Waals surface area (Å²) in [6.45, 7) is 0. The number of ether oxygens (including phenoxy) is 1. The van der Waals surface area contributed by atoms with Crippen molar-refractivity contribution in [1.82, 2.24) is 5.43 Å². The lowest BCUT2D eigenvalue weighted by molar-refractivity contribution is 0.0955. The fourth-order valence-electron chi connectivity index (χ4n) is 1.64. The maximum absolute atomic E-state index is 11.9. The number of hydrogen-bond donors (Lipinski definition) is 2. The van der Waals surface area contributed by atoms with E-state index in [0.29, 0.717) is 16.9 Å². The molecule has 0 atom stereocenters. The molecule has 5 nitrogen and oxygen atoms in total. The van der Waals surface area contributed by atoms with Crippen molar-refractivity contribution in [2.45, 2.75) is 0 Å². The second kappa shape index (κ2) is 7.07. The van der Waals surface area contributed by atoms with Crippen molar-refractivity contribution < 1.29 is 14.6 Å². The van der Waals surface area contributed by atoms with Crippen LogP contribution >= 0.6 is 22.6 Å². The average molecular weight is 396 g/mol. The Hall–Kier alpha value is -2.09. The zero-order valence-corrected chi connectivity index (χ0v) is 13.4. The number of hydrogen-bond acceptors (Lipinski definition) is 4. The number of carbonyl (C=O) groups is 1. The second-order valence-corrected chi connectivity index (χ2v) is 5.31. The molecule has 21 heavy (non-hydrogen) atoms. The van der Waals surface area contributed by atoms with Gasteiger partial charge in [0.25, 0.3) is 5.91 Å². The SMILES string of the molecule is COc1cc(C(=O)N/N=C\c2cccc(O)c2)ccc1I. The number of hydrazone groups is 1. The fourth-order valence-corrected chi connectivity index (χ4v) is 2.19. The summed E-state index contributed by atoms with van der Waals surface area (Å²) in [5.74, 6) is 0.453. The molecule has 108 valence electrons. The van der Waals surface area contributed by atoms with Crippen LogP contribution in [0.4, 0.5) is 0 Å². The molecule has 6 heteroatoms. The van der Waals surface area contributed by atoms with Gasteiger partial charge in [-0.2, -0.15) is 5.10 Å². The van der Waals surface area contributed by atoms with Crippen LogP contribution < -0.4 is 10.2 Å². The standard InChI is InChI=1S/C15H13IN2O3/c1-21-14-8-11(5-6-13(14)16)15(20)18-17-9-10-3-2-4-12(19)7-10/h2-9,19H,1H3,(H,18,20)/b17-9-. The van der Waals surface area contributed by atoms with Crippen molar-refractivity contribution in [3.05, 3.63) is 57.2 Å². The van der Waals surface area contributed by atoms with Gasteiger partial charge in [-0.25, -0.2) is 5.43 Å². The predicted molar refractivity (Wildman–Crippen MR) is 88.9 cm³/mol. The molecular weight excluding hydrogens is 383 g/mol. The Morgan fingerprint density at radius 1 is 1.33 bits per heavy atom. The van der Waals surface area contributed by atoms with Gasteiger partial charge in [-0.1, -0.05) is 12.1 Å². The number of carbonyl (C=O) groups excluding carboxylic acids is 1. The third-order valence-corrected chi connectivity index (χ3v) is 3.55. The van der Waals surface area contributed by atoms with Crippen LogP contribution in [-0.4, -0.2) is 24.3 Å². The van der Waals surface area contributed by atoms with Gasteiger partial charge in [-0.15, -0.1) is 0 Å².